The van der Waals surface area contributed by atoms with Crippen LogP contribution in [0.1, 0.15) is 6.42 Å². The predicted octanol–water partition coefficient (Wildman–Crippen LogP) is 0.177. The van der Waals surface area contributed by atoms with E-state index in [0.717, 1.165) is 17.9 Å². The lowest BCUT2D eigenvalue weighted by molar-refractivity contribution is -0.874. The predicted molar refractivity (Wildman–Crippen MR) is 52.0 cm³/mol. The summed E-state index contributed by atoms with van der Waals surface area (Å²) >= 11 is 17.4. The van der Waals surface area contributed by atoms with Crippen LogP contribution in [0.2, 0.25) is 0 Å². The number of hydrogen-bond acceptors (Lipinski definition) is 1. The van der Waals surface area contributed by atoms with Gasteiger partial charge in [-0.1, -0.05) is 0 Å². The lowest BCUT2D eigenvalue weighted by atomic mass is 10.2. The average molecular weight is 249 g/mol. The van der Waals surface area contributed by atoms with Gasteiger partial charge in [0, 0.05) is 7.05 Å². The zero-order chi connectivity index (χ0) is 9.35. The quantitative estimate of drug-likeness (QED) is 0.504. The first-order valence-corrected chi connectivity index (χ1v) is 8.72. The first-order chi connectivity index (χ1) is 5.46. The van der Waals surface area contributed by atoms with E-state index in [2.05, 4.69) is 5.32 Å². The summed E-state index contributed by atoms with van der Waals surface area (Å²) in [7, 11) is 1.59. The van der Waals surface area contributed by atoms with E-state index in [-0.39, 0.29) is 11.7 Å². The molecule has 7 heteroatoms. The van der Waals surface area contributed by atoms with Gasteiger partial charge in [0.05, 0.1) is 13.0 Å². The molecule has 70 valence electrons. The standard InChI is InChI=1S/C5H9Cl3N2OSi/c1-9-5(11)10-3-2-4(10)12(6,7)8/h4H,2-3H2,1H3,(H,9,11)/p+1. The number of halogens is 3. The lowest BCUT2D eigenvalue weighted by Gasteiger charge is -2.36. The normalized spacial score (nSPS) is 29.3. The molecule has 2 N–H and O–H groups in total. The van der Waals surface area contributed by atoms with Crippen molar-refractivity contribution in [3.8, 4) is 0 Å². The number of carbonyl (C=O) groups is 1. The van der Waals surface area contributed by atoms with E-state index >= 15 is 0 Å². The van der Waals surface area contributed by atoms with Crippen LogP contribution in [-0.2, 0) is 0 Å². The number of likely N-dealkylation sites (tertiary alicyclic amines) is 1. The zero-order valence-corrected chi connectivity index (χ0v) is 9.80. The number of nitrogens with one attached hydrogen (secondary N) is 2. The summed E-state index contributed by atoms with van der Waals surface area (Å²) in [4.78, 5) is 11.9. The van der Waals surface area contributed by atoms with Crippen molar-refractivity contribution in [2.24, 2.45) is 0 Å². The van der Waals surface area contributed by atoms with E-state index in [1.165, 1.54) is 0 Å². The fourth-order valence-corrected chi connectivity index (χ4v) is 4.54. The van der Waals surface area contributed by atoms with Gasteiger partial charge in [0.2, 0.25) is 0 Å². The minimum absolute atomic E-state index is 0.0672. The van der Waals surface area contributed by atoms with Crippen LogP contribution in [0.4, 0.5) is 4.79 Å². The Morgan fingerprint density at radius 2 is 2.17 bits per heavy atom. The molecule has 1 aliphatic heterocycles. The first kappa shape index (κ1) is 10.6. The molecule has 0 radical (unpaired) electrons. The summed E-state index contributed by atoms with van der Waals surface area (Å²) < 4.78 is 0. The van der Waals surface area contributed by atoms with Crippen molar-refractivity contribution in [2.45, 2.75) is 12.1 Å². The maximum atomic E-state index is 11.1. The second kappa shape index (κ2) is 3.72. The number of carbonyl (C=O) groups excluding carboxylic acids is 1. The Morgan fingerprint density at radius 3 is 2.42 bits per heavy atom. The molecule has 2 unspecified atom stereocenters. The number of amides is 2. The maximum Gasteiger partial charge on any atom is 0.414 e. The SMILES string of the molecule is CNC(=O)[NH+]1CCC1[Si](Cl)(Cl)Cl. The fourth-order valence-electron chi connectivity index (χ4n) is 1.23. The highest BCUT2D eigenvalue weighted by molar-refractivity contribution is 7.65. The molecule has 2 atom stereocenters. The van der Waals surface area contributed by atoms with E-state index in [1.54, 1.807) is 7.05 Å². The summed E-state index contributed by atoms with van der Waals surface area (Å²) in [6, 6.07) is -2.78. The molecule has 0 saturated carbocycles. The highest BCUT2D eigenvalue weighted by atomic mass is 35.8. The van der Waals surface area contributed by atoms with Crippen molar-refractivity contribution in [2.75, 3.05) is 13.6 Å². The number of rotatable bonds is 1. The smallest absolute Gasteiger partial charge is 0.309 e. The second-order valence-corrected chi connectivity index (χ2v) is 11.6. The minimum Gasteiger partial charge on any atom is -0.309 e. The van der Waals surface area contributed by atoms with Gasteiger partial charge in [0.15, 0.2) is 0 Å². The average Bonchev–Trinajstić information content (AvgIpc) is 1.80. The van der Waals surface area contributed by atoms with Gasteiger partial charge in [0.1, 0.15) is 5.67 Å². The van der Waals surface area contributed by atoms with Crippen molar-refractivity contribution in [3.63, 3.8) is 0 Å². The number of hydrogen-bond donors (Lipinski definition) is 2. The van der Waals surface area contributed by atoms with E-state index in [0.29, 0.717) is 0 Å². The summed E-state index contributed by atoms with van der Waals surface area (Å²) in [6.45, 7) is 0.769. The fraction of sp³-hybridized carbons (Fsp3) is 0.800. The van der Waals surface area contributed by atoms with Crippen molar-refractivity contribution >= 4 is 45.3 Å². The highest BCUT2D eigenvalue weighted by Crippen LogP contribution is 2.26. The second-order valence-electron chi connectivity index (χ2n) is 2.74. The third-order valence-corrected chi connectivity index (χ3v) is 5.83. The topological polar surface area (TPSA) is 33.5 Å². The van der Waals surface area contributed by atoms with Gasteiger partial charge >= 0.3 is 12.0 Å². The van der Waals surface area contributed by atoms with Gasteiger partial charge in [-0.15, -0.1) is 33.2 Å². The summed E-state index contributed by atoms with van der Waals surface area (Å²) in [5.74, 6) is 0. The Labute approximate surface area is 86.1 Å². The van der Waals surface area contributed by atoms with Crippen LogP contribution >= 0.6 is 33.2 Å². The van der Waals surface area contributed by atoms with Crippen molar-refractivity contribution in [1.82, 2.24) is 5.32 Å². The maximum absolute atomic E-state index is 11.1. The molecule has 0 aromatic rings. The molecule has 1 fully saturated rings. The van der Waals surface area contributed by atoms with E-state index in [4.69, 9.17) is 33.2 Å². The van der Waals surface area contributed by atoms with Crippen molar-refractivity contribution in [3.05, 3.63) is 0 Å². The molecule has 0 aromatic carbocycles. The van der Waals surface area contributed by atoms with Gasteiger partial charge in [0.25, 0.3) is 0 Å². The molecule has 0 aliphatic carbocycles. The van der Waals surface area contributed by atoms with E-state index in [1.807, 2.05) is 0 Å². The Bertz CT molecular complexity index is 196. The zero-order valence-electron chi connectivity index (χ0n) is 6.53. The summed E-state index contributed by atoms with van der Waals surface area (Å²) in [5.41, 5.74) is -0.0672. The van der Waals surface area contributed by atoms with Gasteiger partial charge in [-0.3, -0.25) is 0 Å². The largest absolute Gasteiger partial charge is 0.414 e. The Morgan fingerprint density at radius 1 is 1.58 bits per heavy atom. The number of urea groups is 1. The van der Waals surface area contributed by atoms with Crippen LogP contribution in [0.3, 0.4) is 0 Å². The molecule has 12 heavy (non-hydrogen) atoms. The van der Waals surface area contributed by atoms with Gasteiger partial charge in [-0.05, 0) is 0 Å². The Balaban J connectivity index is 2.55. The van der Waals surface area contributed by atoms with Crippen LogP contribution in [0.15, 0.2) is 0 Å². The van der Waals surface area contributed by atoms with E-state index in [9.17, 15) is 4.79 Å². The summed E-state index contributed by atoms with van der Waals surface area (Å²) in [5, 5.41) is 2.54. The van der Waals surface area contributed by atoms with E-state index < -0.39 is 6.00 Å². The Hall–Kier alpha value is 0.517. The number of quaternary nitrogens is 1. The van der Waals surface area contributed by atoms with Gasteiger partial charge < -0.3 is 5.32 Å². The van der Waals surface area contributed by atoms with Gasteiger partial charge in [-0.2, -0.15) is 0 Å². The van der Waals surface area contributed by atoms with Crippen LogP contribution in [-0.4, -0.2) is 31.3 Å². The molecule has 1 saturated heterocycles. The van der Waals surface area contributed by atoms with Crippen LogP contribution in [0, 0.1) is 0 Å². The molecule has 0 aromatic heterocycles. The molecular formula is C5H10Cl3N2OSi+. The van der Waals surface area contributed by atoms with Crippen LogP contribution in [0.5, 0.6) is 0 Å². The van der Waals surface area contributed by atoms with Gasteiger partial charge in [-0.25, -0.2) is 9.69 Å². The molecule has 0 bridgehead atoms. The van der Waals surface area contributed by atoms with Crippen molar-refractivity contribution in [1.29, 1.82) is 0 Å². The van der Waals surface area contributed by atoms with Crippen molar-refractivity contribution < 1.29 is 9.69 Å². The molecule has 3 nitrogen and oxygen atoms in total. The third kappa shape index (κ3) is 2.06. The first-order valence-electron chi connectivity index (χ1n) is 3.61. The molecular weight excluding hydrogens is 239 g/mol. The molecule has 0 spiro atoms. The third-order valence-electron chi connectivity index (χ3n) is 2.04. The molecule has 2 amide bonds. The minimum atomic E-state index is -2.70. The lowest BCUT2D eigenvalue weighted by Crippen LogP contribution is -3.27. The highest BCUT2D eigenvalue weighted by Gasteiger charge is 2.53. The van der Waals surface area contributed by atoms with Crippen LogP contribution < -0.4 is 10.2 Å². The monoisotopic (exact) mass is 247 g/mol. The molecule has 1 heterocycles. The molecule has 1 aliphatic rings. The Kier molecular flexibility index (Phi) is 3.28. The molecule has 1 rings (SSSR count). The summed E-state index contributed by atoms with van der Waals surface area (Å²) in [6.07, 6.45) is 0.839. The van der Waals surface area contributed by atoms with Crippen LogP contribution in [0.25, 0.3) is 0 Å².